The molecule has 4 heteroatoms. The number of halogens is 1. The van der Waals surface area contributed by atoms with E-state index in [0.717, 1.165) is 21.3 Å². The maximum atomic E-state index is 5.92. The topological polar surface area (TPSA) is 48.1 Å². The average molecular weight is 321 g/mol. The van der Waals surface area contributed by atoms with E-state index < -0.39 is 0 Å². The molecule has 0 aliphatic rings. The third kappa shape index (κ3) is 2.89. The zero-order chi connectivity index (χ0) is 14.0. The molecule has 2 rings (SSSR count). The first-order valence-corrected chi connectivity index (χ1v) is 6.97. The van der Waals surface area contributed by atoms with Gasteiger partial charge in [0.15, 0.2) is 0 Å². The van der Waals surface area contributed by atoms with E-state index in [2.05, 4.69) is 40.8 Å². The normalized spacial score (nSPS) is 10.8. The fourth-order valence-electron chi connectivity index (χ4n) is 1.79. The first kappa shape index (κ1) is 13.9. The molecule has 2 N–H and O–H groups in total. The number of para-hydroxylation sites is 1. The molecule has 2 aromatic rings. The second-order valence-corrected chi connectivity index (χ2v) is 5.55. The van der Waals surface area contributed by atoms with E-state index in [1.54, 1.807) is 6.20 Å². The Balaban J connectivity index is 2.40. The number of anilines is 1. The van der Waals surface area contributed by atoms with Crippen LogP contribution in [0.2, 0.25) is 0 Å². The number of aromatic nitrogens is 1. The van der Waals surface area contributed by atoms with Gasteiger partial charge in [-0.1, -0.05) is 32.0 Å². The molecule has 0 aliphatic carbocycles. The van der Waals surface area contributed by atoms with Crippen LogP contribution in [0.1, 0.15) is 30.9 Å². The predicted molar refractivity (Wildman–Crippen MR) is 81.7 cm³/mol. The van der Waals surface area contributed by atoms with Crippen LogP contribution in [0, 0.1) is 6.92 Å². The standard InChI is InChI=1S/C15H17BrN2O/c1-9(2)11-6-4-5-7-13(11)19-15-14(16)10(3)12(17)8-18-15/h4-9H,17H2,1-3H3. The van der Waals surface area contributed by atoms with E-state index in [1.165, 1.54) is 0 Å². The molecule has 0 fully saturated rings. The molecule has 0 radical (unpaired) electrons. The van der Waals surface area contributed by atoms with Crippen LogP contribution < -0.4 is 10.5 Å². The van der Waals surface area contributed by atoms with Crippen LogP contribution in [0.15, 0.2) is 34.9 Å². The first-order chi connectivity index (χ1) is 9.00. The molecule has 0 spiro atoms. The lowest BCUT2D eigenvalue weighted by Gasteiger charge is -2.14. The third-order valence-corrected chi connectivity index (χ3v) is 3.95. The summed E-state index contributed by atoms with van der Waals surface area (Å²) in [6.07, 6.45) is 1.62. The summed E-state index contributed by atoms with van der Waals surface area (Å²) in [6, 6.07) is 7.99. The minimum Gasteiger partial charge on any atom is -0.438 e. The van der Waals surface area contributed by atoms with Gasteiger partial charge in [0, 0.05) is 0 Å². The SMILES string of the molecule is Cc1c(N)cnc(Oc2ccccc2C(C)C)c1Br. The zero-order valence-electron chi connectivity index (χ0n) is 11.3. The second kappa shape index (κ2) is 5.61. The molecule has 0 bridgehead atoms. The Hall–Kier alpha value is -1.55. The molecule has 0 saturated carbocycles. The third-order valence-electron chi connectivity index (χ3n) is 3.02. The monoisotopic (exact) mass is 320 g/mol. The van der Waals surface area contributed by atoms with Gasteiger partial charge >= 0.3 is 0 Å². The van der Waals surface area contributed by atoms with Gasteiger partial charge in [0.2, 0.25) is 5.88 Å². The maximum Gasteiger partial charge on any atom is 0.234 e. The summed E-state index contributed by atoms with van der Waals surface area (Å²) in [5, 5.41) is 0. The van der Waals surface area contributed by atoms with Gasteiger partial charge in [-0.3, -0.25) is 0 Å². The van der Waals surface area contributed by atoms with Crippen molar-refractivity contribution in [1.82, 2.24) is 4.98 Å². The van der Waals surface area contributed by atoms with Crippen molar-refractivity contribution in [1.29, 1.82) is 0 Å². The quantitative estimate of drug-likeness (QED) is 0.895. The van der Waals surface area contributed by atoms with Gasteiger partial charge in [-0.05, 0) is 46.0 Å². The van der Waals surface area contributed by atoms with Crippen LogP contribution in [0.3, 0.4) is 0 Å². The molecule has 19 heavy (non-hydrogen) atoms. The fraction of sp³-hybridized carbons (Fsp3) is 0.267. The van der Waals surface area contributed by atoms with Crippen LogP contribution in [0.25, 0.3) is 0 Å². The van der Waals surface area contributed by atoms with Gasteiger partial charge in [-0.2, -0.15) is 0 Å². The van der Waals surface area contributed by atoms with Crippen LogP contribution in [0.4, 0.5) is 5.69 Å². The highest BCUT2D eigenvalue weighted by Gasteiger charge is 2.13. The van der Waals surface area contributed by atoms with E-state index >= 15 is 0 Å². The predicted octanol–water partition coefficient (Wildman–Crippen LogP) is 4.65. The van der Waals surface area contributed by atoms with Crippen molar-refractivity contribution in [3.8, 4) is 11.6 Å². The van der Waals surface area contributed by atoms with Gasteiger partial charge < -0.3 is 10.5 Å². The number of hydrogen-bond acceptors (Lipinski definition) is 3. The Morgan fingerprint density at radius 3 is 2.63 bits per heavy atom. The summed E-state index contributed by atoms with van der Waals surface area (Å²) in [7, 11) is 0. The highest BCUT2D eigenvalue weighted by Crippen LogP contribution is 2.35. The van der Waals surface area contributed by atoms with Gasteiger partial charge in [-0.15, -0.1) is 0 Å². The number of hydrogen-bond donors (Lipinski definition) is 1. The van der Waals surface area contributed by atoms with Crippen molar-refractivity contribution < 1.29 is 4.74 Å². The number of nitrogen functional groups attached to an aromatic ring is 1. The van der Waals surface area contributed by atoms with E-state index in [1.807, 2.05) is 25.1 Å². The summed E-state index contributed by atoms with van der Waals surface area (Å²) in [6.45, 7) is 6.21. The molecule has 0 atom stereocenters. The lowest BCUT2D eigenvalue weighted by molar-refractivity contribution is 0.451. The molecule has 0 aliphatic heterocycles. The highest BCUT2D eigenvalue weighted by atomic mass is 79.9. The Morgan fingerprint density at radius 1 is 1.26 bits per heavy atom. The van der Waals surface area contributed by atoms with Gasteiger partial charge in [0.05, 0.1) is 16.4 Å². The van der Waals surface area contributed by atoms with Crippen LogP contribution in [-0.4, -0.2) is 4.98 Å². The fourth-order valence-corrected chi connectivity index (χ4v) is 2.21. The Labute approximate surface area is 121 Å². The smallest absolute Gasteiger partial charge is 0.234 e. The van der Waals surface area contributed by atoms with Crippen LogP contribution in [-0.2, 0) is 0 Å². The Kier molecular flexibility index (Phi) is 4.10. The molecule has 1 heterocycles. The van der Waals surface area contributed by atoms with E-state index in [9.17, 15) is 0 Å². The van der Waals surface area contributed by atoms with Gasteiger partial charge in [-0.25, -0.2) is 4.98 Å². The Morgan fingerprint density at radius 2 is 1.95 bits per heavy atom. The minimum absolute atomic E-state index is 0.393. The molecule has 100 valence electrons. The molecule has 0 saturated heterocycles. The average Bonchev–Trinajstić information content (AvgIpc) is 2.40. The molecule has 0 amide bonds. The maximum absolute atomic E-state index is 5.92. The van der Waals surface area contributed by atoms with Gasteiger partial charge in [0.1, 0.15) is 5.75 Å². The van der Waals surface area contributed by atoms with Crippen molar-refractivity contribution in [3.63, 3.8) is 0 Å². The first-order valence-electron chi connectivity index (χ1n) is 6.18. The summed E-state index contributed by atoms with van der Waals surface area (Å²) >= 11 is 3.48. The summed E-state index contributed by atoms with van der Waals surface area (Å²) in [5.41, 5.74) is 8.56. The van der Waals surface area contributed by atoms with Crippen molar-refractivity contribution in [2.45, 2.75) is 26.7 Å². The van der Waals surface area contributed by atoms with E-state index in [0.29, 0.717) is 17.5 Å². The number of pyridine rings is 1. The molecular weight excluding hydrogens is 304 g/mol. The van der Waals surface area contributed by atoms with Crippen LogP contribution in [0.5, 0.6) is 11.6 Å². The number of ether oxygens (including phenoxy) is 1. The molecule has 1 aromatic heterocycles. The molecular formula is C15H17BrN2O. The second-order valence-electron chi connectivity index (χ2n) is 4.75. The molecule has 0 unspecified atom stereocenters. The van der Waals surface area contributed by atoms with E-state index in [4.69, 9.17) is 10.5 Å². The summed E-state index contributed by atoms with van der Waals surface area (Å²) < 4.78 is 6.72. The number of nitrogens with zero attached hydrogens (tertiary/aromatic N) is 1. The van der Waals surface area contributed by atoms with Crippen molar-refractivity contribution in [2.24, 2.45) is 0 Å². The lowest BCUT2D eigenvalue weighted by atomic mass is 10.0. The lowest BCUT2D eigenvalue weighted by Crippen LogP contribution is -1.98. The zero-order valence-corrected chi connectivity index (χ0v) is 12.9. The van der Waals surface area contributed by atoms with Crippen molar-refractivity contribution >= 4 is 21.6 Å². The van der Waals surface area contributed by atoms with Gasteiger partial charge in [0.25, 0.3) is 0 Å². The van der Waals surface area contributed by atoms with Crippen molar-refractivity contribution in [2.75, 3.05) is 5.73 Å². The number of rotatable bonds is 3. The highest BCUT2D eigenvalue weighted by molar-refractivity contribution is 9.10. The largest absolute Gasteiger partial charge is 0.438 e. The molecule has 1 aromatic carbocycles. The Bertz CT molecular complexity index is 597. The number of nitrogens with two attached hydrogens (primary N) is 1. The van der Waals surface area contributed by atoms with Crippen LogP contribution >= 0.6 is 15.9 Å². The summed E-state index contributed by atoms with van der Waals surface area (Å²) in [5.74, 6) is 1.76. The van der Waals surface area contributed by atoms with E-state index in [-0.39, 0.29) is 0 Å². The van der Waals surface area contributed by atoms with Crippen molar-refractivity contribution in [3.05, 3.63) is 46.1 Å². The molecule has 3 nitrogen and oxygen atoms in total. The minimum atomic E-state index is 0.393. The summed E-state index contributed by atoms with van der Waals surface area (Å²) in [4.78, 5) is 4.24. The number of benzene rings is 1.